The molecule has 1 N–H and O–H groups in total. The molecule has 3 rings (SSSR count). The Morgan fingerprint density at radius 1 is 1.48 bits per heavy atom. The van der Waals surface area contributed by atoms with Gasteiger partial charge in [-0.2, -0.15) is 5.10 Å². The van der Waals surface area contributed by atoms with Gasteiger partial charge in [-0.3, -0.25) is 14.9 Å². The first-order valence-electron chi connectivity index (χ1n) is 7.85. The summed E-state index contributed by atoms with van der Waals surface area (Å²) < 4.78 is 5.77. The third kappa shape index (κ3) is 2.99. The number of nitrogens with zero attached hydrogens (tertiary/aromatic N) is 3. The number of carbonyl (C=O) groups is 1. The van der Waals surface area contributed by atoms with Crippen molar-refractivity contribution in [3.63, 3.8) is 0 Å². The molecule has 1 aliphatic rings. The average Bonchev–Trinajstić information content (AvgIpc) is 2.92. The van der Waals surface area contributed by atoms with E-state index in [2.05, 4.69) is 15.2 Å². The standard InChI is InChI=1S/C17H22N4O2/c1-10-5-6-18-8-13(10)9-21(4)17(22)16-14-7-11(2)23-12(3)15(14)19-20-16/h5-6,8,11-12H,7,9H2,1-4H3,(H,19,20)/t11-,12+/m1/s1. The molecule has 2 aromatic heterocycles. The van der Waals surface area contributed by atoms with Crippen molar-refractivity contribution in [1.82, 2.24) is 20.1 Å². The molecule has 0 spiro atoms. The molecule has 0 saturated carbocycles. The fraction of sp³-hybridized carbons (Fsp3) is 0.471. The number of hydrogen-bond donors (Lipinski definition) is 1. The van der Waals surface area contributed by atoms with E-state index in [1.165, 1.54) is 0 Å². The number of amides is 1. The topological polar surface area (TPSA) is 71.1 Å². The fourth-order valence-corrected chi connectivity index (χ4v) is 3.02. The summed E-state index contributed by atoms with van der Waals surface area (Å²) in [5.41, 5.74) is 4.57. The van der Waals surface area contributed by atoms with Crippen LogP contribution in [-0.4, -0.2) is 39.1 Å². The quantitative estimate of drug-likeness (QED) is 0.944. The number of rotatable bonds is 3. The molecule has 23 heavy (non-hydrogen) atoms. The molecule has 0 aromatic carbocycles. The van der Waals surface area contributed by atoms with E-state index in [1.54, 1.807) is 24.3 Å². The molecule has 1 aliphatic heterocycles. The van der Waals surface area contributed by atoms with Crippen molar-refractivity contribution < 1.29 is 9.53 Å². The average molecular weight is 314 g/mol. The molecule has 1 amide bonds. The molecule has 6 heteroatoms. The van der Waals surface area contributed by atoms with Crippen LogP contribution in [0, 0.1) is 6.92 Å². The van der Waals surface area contributed by atoms with Crippen LogP contribution in [0.2, 0.25) is 0 Å². The lowest BCUT2D eigenvalue weighted by molar-refractivity contribution is -0.00701. The van der Waals surface area contributed by atoms with E-state index in [9.17, 15) is 4.79 Å². The number of fused-ring (bicyclic) bond motifs is 1. The van der Waals surface area contributed by atoms with Gasteiger partial charge in [-0.05, 0) is 38.0 Å². The number of aromatic nitrogens is 3. The van der Waals surface area contributed by atoms with E-state index in [4.69, 9.17) is 4.74 Å². The Kier molecular flexibility index (Phi) is 4.17. The normalized spacial score (nSPS) is 20.2. The van der Waals surface area contributed by atoms with Crippen LogP contribution in [0.15, 0.2) is 18.5 Å². The van der Waals surface area contributed by atoms with Gasteiger partial charge < -0.3 is 9.64 Å². The highest BCUT2D eigenvalue weighted by molar-refractivity contribution is 5.94. The van der Waals surface area contributed by atoms with E-state index >= 15 is 0 Å². The second kappa shape index (κ2) is 6.12. The van der Waals surface area contributed by atoms with Crippen LogP contribution >= 0.6 is 0 Å². The molecule has 6 nitrogen and oxygen atoms in total. The molecule has 0 bridgehead atoms. The summed E-state index contributed by atoms with van der Waals surface area (Å²) in [6, 6.07) is 1.95. The van der Waals surface area contributed by atoms with E-state index in [0.717, 1.165) is 22.4 Å². The summed E-state index contributed by atoms with van der Waals surface area (Å²) in [5, 5.41) is 7.23. The zero-order valence-electron chi connectivity index (χ0n) is 14.0. The minimum atomic E-state index is -0.0768. The Balaban J connectivity index is 1.82. The maximum Gasteiger partial charge on any atom is 0.274 e. The predicted octanol–water partition coefficient (Wildman–Crippen LogP) is 2.41. The Morgan fingerprint density at radius 3 is 3.00 bits per heavy atom. The first kappa shape index (κ1) is 15.7. The molecule has 0 saturated heterocycles. The van der Waals surface area contributed by atoms with Gasteiger partial charge in [0.1, 0.15) is 0 Å². The zero-order chi connectivity index (χ0) is 16.6. The summed E-state index contributed by atoms with van der Waals surface area (Å²) >= 11 is 0. The van der Waals surface area contributed by atoms with E-state index in [-0.39, 0.29) is 18.1 Å². The number of hydrogen-bond acceptors (Lipinski definition) is 4. The highest BCUT2D eigenvalue weighted by atomic mass is 16.5. The SMILES string of the molecule is Cc1ccncc1CN(C)C(=O)c1n[nH]c2c1C[C@@H](C)O[C@H]2C. The Bertz CT molecular complexity index is 725. The van der Waals surface area contributed by atoms with Gasteiger partial charge in [0.25, 0.3) is 5.91 Å². The maximum absolute atomic E-state index is 12.8. The molecule has 122 valence electrons. The van der Waals surface area contributed by atoms with Crippen molar-refractivity contribution in [3.8, 4) is 0 Å². The molecule has 3 heterocycles. The van der Waals surface area contributed by atoms with Gasteiger partial charge >= 0.3 is 0 Å². The lowest BCUT2D eigenvalue weighted by Gasteiger charge is -2.25. The smallest absolute Gasteiger partial charge is 0.274 e. The van der Waals surface area contributed by atoms with Crippen LogP contribution in [0.25, 0.3) is 0 Å². The second-order valence-electron chi connectivity index (χ2n) is 6.22. The van der Waals surface area contributed by atoms with Gasteiger partial charge in [0.15, 0.2) is 5.69 Å². The van der Waals surface area contributed by atoms with Crippen LogP contribution in [-0.2, 0) is 17.7 Å². The van der Waals surface area contributed by atoms with Gasteiger partial charge in [-0.25, -0.2) is 0 Å². The van der Waals surface area contributed by atoms with Crippen LogP contribution in [0.4, 0.5) is 0 Å². The summed E-state index contributed by atoms with van der Waals surface area (Å²) in [5.74, 6) is -0.0768. The number of pyridine rings is 1. The van der Waals surface area contributed by atoms with Crippen molar-refractivity contribution in [2.24, 2.45) is 0 Å². The molecule has 0 unspecified atom stereocenters. The molecule has 0 radical (unpaired) electrons. The van der Waals surface area contributed by atoms with Crippen LogP contribution < -0.4 is 0 Å². The number of nitrogens with one attached hydrogen (secondary N) is 1. The van der Waals surface area contributed by atoms with Gasteiger partial charge in [0.05, 0.1) is 17.9 Å². The minimum Gasteiger partial charge on any atom is -0.369 e. The van der Waals surface area contributed by atoms with Gasteiger partial charge in [0.2, 0.25) is 0 Å². The van der Waals surface area contributed by atoms with Crippen molar-refractivity contribution in [2.75, 3.05) is 7.05 Å². The number of carbonyl (C=O) groups excluding carboxylic acids is 1. The summed E-state index contributed by atoms with van der Waals surface area (Å²) in [4.78, 5) is 18.6. The molecule has 2 aromatic rings. The molecular weight excluding hydrogens is 292 g/mol. The zero-order valence-corrected chi connectivity index (χ0v) is 14.0. The third-order valence-corrected chi connectivity index (χ3v) is 4.34. The lowest BCUT2D eigenvalue weighted by atomic mass is 9.99. The minimum absolute atomic E-state index is 0.0614. The highest BCUT2D eigenvalue weighted by Gasteiger charge is 2.30. The summed E-state index contributed by atoms with van der Waals surface area (Å²) in [6.45, 7) is 6.53. The number of aryl methyl sites for hydroxylation is 1. The lowest BCUT2D eigenvalue weighted by Crippen LogP contribution is -2.29. The summed E-state index contributed by atoms with van der Waals surface area (Å²) in [6.07, 6.45) is 4.29. The van der Waals surface area contributed by atoms with E-state index < -0.39 is 0 Å². The first-order chi connectivity index (χ1) is 11.0. The first-order valence-corrected chi connectivity index (χ1v) is 7.85. The monoisotopic (exact) mass is 314 g/mol. The Labute approximate surface area is 135 Å². The van der Waals surface area contributed by atoms with Crippen LogP contribution in [0.1, 0.15) is 52.8 Å². The summed E-state index contributed by atoms with van der Waals surface area (Å²) in [7, 11) is 1.79. The number of H-pyrrole nitrogens is 1. The largest absolute Gasteiger partial charge is 0.369 e. The molecular formula is C17H22N4O2. The highest BCUT2D eigenvalue weighted by Crippen LogP contribution is 2.30. The van der Waals surface area contributed by atoms with Gasteiger partial charge in [-0.1, -0.05) is 0 Å². The fourth-order valence-electron chi connectivity index (χ4n) is 3.02. The van der Waals surface area contributed by atoms with Crippen molar-refractivity contribution in [1.29, 1.82) is 0 Å². The van der Waals surface area contributed by atoms with Crippen molar-refractivity contribution >= 4 is 5.91 Å². The maximum atomic E-state index is 12.8. The van der Waals surface area contributed by atoms with Crippen molar-refractivity contribution in [2.45, 2.75) is 45.9 Å². The Hall–Kier alpha value is -2.21. The molecule has 2 atom stereocenters. The van der Waals surface area contributed by atoms with Crippen LogP contribution in [0.3, 0.4) is 0 Å². The predicted molar refractivity (Wildman–Crippen MR) is 86.0 cm³/mol. The molecule has 0 fully saturated rings. The Morgan fingerprint density at radius 2 is 2.26 bits per heavy atom. The van der Waals surface area contributed by atoms with Crippen molar-refractivity contribution in [3.05, 3.63) is 46.5 Å². The van der Waals surface area contributed by atoms with E-state index in [0.29, 0.717) is 18.7 Å². The van der Waals surface area contributed by atoms with Gasteiger partial charge in [-0.15, -0.1) is 0 Å². The second-order valence-corrected chi connectivity index (χ2v) is 6.22. The molecule has 0 aliphatic carbocycles. The van der Waals surface area contributed by atoms with Crippen LogP contribution in [0.5, 0.6) is 0 Å². The van der Waals surface area contributed by atoms with E-state index in [1.807, 2.05) is 26.8 Å². The third-order valence-electron chi connectivity index (χ3n) is 4.34. The number of ether oxygens (including phenoxy) is 1. The van der Waals surface area contributed by atoms with Gasteiger partial charge in [0, 0.05) is 38.0 Å². The number of aromatic amines is 1.